The van der Waals surface area contributed by atoms with Crippen LogP contribution in [0.4, 0.5) is 0 Å². The van der Waals surface area contributed by atoms with Crippen LogP contribution >= 0.6 is 0 Å². The Hall–Kier alpha value is -2.60. The van der Waals surface area contributed by atoms with Gasteiger partial charge in [0.1, 0.15) is 11.5 Å². The maximum atomic E-state index is 12.2. The number of carbonyl (C=O) groups excluding carboxylic acids is 1. The summed E-state index contributed by atoms with van der Waals surface area (Å²) < 4.78 is 11.0. The molecule has 6 nitrogen and oxygen atoms in total. The number of nitrogens with one attached hydrogen (secondary N) is 1. The Labute approximate surface area is 154 Å². The quantitative estimate of drug-likeness (QED) is 0.822. The van der Waals surface area contributed by atoms with Crippen molar-refractivity contribution in [2.24, 2.45) is 5.92 Å². The minimum absolute atomic E-state index is 0.0249. The number of hydrogen-bond acceptors (Lipinski definition) is 5. The lowest BCUT2D eigenvalue weighted by atomic mass is 9.96. The number of aromatic nitrogens is 1. The number of hydrogen-bond donors (Lipinski definition) is 1. The number of benzene rings is 1. The third-order valence-corrected chi connectivity index (χ3v) is 4.43. The molecule has 2 aromatic rings. The average molecular weight is 355 g/mol. The molecule has 1 amide bonds. The Morgan fingerprint density at radius 2 is 2.31 bits per heavy atom. The van der Waals surface area contributed by atoms with E-state index in [1.54, 1.807) is 13.3 Å². The summed E-state index contributed by atoms with van der Waals surface area (Å²) in [5, 5.41) is 3.02. The van der Waals surface area contributed by atoms with Crippen LogP contribution in [0.3, 0.4) is 0 Å². The van der Waals surface area contributed by atoms with E-state index in [-0.39, 0.29) is 11.8 Å². The van der Waals surface area contributed by atoms with Crippen molar-refractivity contribution in [3.05, 3.63) is 53.9 Å². The lowest BCUT2D eigenvalue weighted by molar-refractivity contribution is -0.122. The molecule has 26 heavy (non-hydrogen) atoms. The Kier molecular flexibility index (Phi) is 6.07. The summed E-state index contributed by atoms with van der Waals surface area (Å²) in [6.07, 6.45) is 4.46. The third-order valence-electron chi connectivity index (χ3n) is 4.43. The second-order valence-electron chi connectivity index (χ2n) is 6.69. The third kappa shape index (κ3) is 4.95. The highest BCUT2D eigenvalue weighted by Gasteiger charge is 2.21. The summed E-state index contributed by atoms with van der Waals surface area (Å²) in [6.45, 7) is 2.27. The molecule has 1 atom stereocenters. The molecule has 0 fully saturated rings. The van der Waals surface area contributed by atoms with Crippen LogP contribution in [-0.4, -0.2) is 49.6 Å². The Morgan fingerprint density at radius 3 is 3.08 bits per heavy atom. The van der Waals surface area contributed by atoms with Crippen LogP contribution in [0.2, 0.25) is 0 Å². The first-order chi connectivity index (χ1) is 12.6. The van der Waals surface area contributed by atoms with Crippen molar-refractivity contribution in [1.29, 1.82) is 0 Å². The number of carbonyl (C=O) groups is 1. The van der Waals surface area contributed by atoms with Crippen molar-refractivity contribution in [3.8, 4) is 11.5 Å². The summed E-state index contributed by atoms with van der Waals surface area (Å²) in [7, 11) is 3.58. The van der Waals surface area contributed by atoms with Gasteiger partial charge < -0.3 is 14.8 Å². The number of pyridine rings is 1. The van der Waals surface area contributed by atoms with E-state index in [0.717, 1.165) is 29.0 Å². The number of amides is 1. The SMILES string of the molecule is COc1ccc2c(c1)OC[C@H](CNC(=O)CN(C)Cc1cccnc1)C2. The smallest absolute Gasteiger partial charge is 0.234 e. The standard InChI is InChI=1S/C20H25N3O3/c1-23(12-15-4-3-7-21-10-15)13-20(24)22-11-16-8-17-5-6-18(25-2)9-19(17)26-14-16/h3-7,9-10,16H,8,11-14H2,1-2H3,(H,22,24)/t16-/m0/s1. The molecule has 1 aliphatic heterocycles. The molecule has 2 heterocycles. The number of fused-ring (bicyclic) bond motifs is 1. The second kappa shape index (κ2) is 8.67. The number of methoxy groups -OCH3 is 1. The molecule has 1 N–H and O–H groups in total. The van der Waals surface area contributed by atoms with Gasteiger partial charge in [0, 0.05) is 37.5 Å². The lowest BCUT2D eigenvalue weighted by Gasteiger charge is -2.26. The van der Waals surface area contributed by atoms with Crippen molar-refractivity contribution >= 4 is 5.91 Å². The van der Waals surface area contributed by atoms with Crippen LogP contribution < -0.4 is 14.8 Å². The first-order valence-corrected chi connectivity index (χ1v) is 8.78. The van der Waals surface area contributed by atoms with Gasteiger partial charge in [-0.05, 0) is 36.7 Å². The first kappa shape index (κ1) is 18.2. The van der Waals surface area contributed by atoms with Gasteiger partial charge in [0.25, 0.3) is 0 Å². The molecular weight excluding hydrogens is 330 g/mol. The van der Waals surface area contributed by atoms with E-state index in [1.165, 1.54) is 0 Å². The topological polar surface area (TPSA) is 63.7 Å². The molecule has 1 aromatic heterocycles. The van der Waals surface area contributed by atoms with E-state index in [9.17, 15) is 4.79 Å². The Balaban J connectivity index is 1.43. The fourth-order valence-corrected chi connectivity index (χ4v) is 3.09. The van der Waals surface area contributed by atoms with Gasteiger partial charge in [0.2, 0.25) is 5.91 Å². The second-order valence-corrected chi connectivity index (χ2v) is 6.69. The van der Waals surface area contributed by atoms with Crippen LogP contribution in [0.1, 0.15) is 11.1 Å². The highest BCUT2D eigenvalue weighted by Crippen LogP contribution is 2.30. The monoisotopic (exact) mass is 355 g/mol. The lowest BCUT2D eigenvalue weighted by Crippen LogP contribution is -2.39. The van der Waals surface area contributed by atoms with Crippen LogP contribution in [0, 0.1) is 5.92 Å². The fraction of sp³-hybridized carbons (Fsp3) is 0.400. The predicted molar refractivity (Wildman–Crippen MR) is 99.3 cm³/mol. The number of likely N-dealkylation sites (N-methyl/N-ethyl adjacent to an activating group) is 1. The van der Waals surface area contributed by atoms with Gasteiger partial charge in [-0.2, -0.15) is 0 Å². The molecule has 0 bridgehead atoms. The van der Waals surface area contributed by atoms with Gasteiger partial charge in [-0.25, -0.2) is 0 Å². The highest BCUT2D eigenvalue weighted by atomic mass is 16.5. The Bertz CT molecular complexity index is 736. The van der Waals surface area contributed by atoms with Gasteiger partial charge in [0.15, 0.2) is 0 Å². The van der Waals surface area contributed by atoms with Crippen molar-refractivity contribution in [2.75, 3.05) is 33.9 Å². The summed E-state index contributed by atoms with van der Waals surface area (Å²) in [6, 6.07) is 9.80. The fourth-order valence-electron chi connectivity index (χ4n) is 3.09. The van der Waals surface area contributed by atoms with E-state index in [0.29, 0.717) is 26.2 Å². The normalized spacial score (nSPS) is 15.9. The van der Waals surface area contributed by atoms with E-state index in [2.05, 4.69) is 10.3 Å². The van der Waals surface area contributed by atoms with Crippen molar-refractivity contribution in [2.45, 2.75) is 13.0 Å². The molecule has 6 heteroatoms. The zero-order valence-electron chi connectivity index (χ0n) is 15.3. The van der Waals surface area contributed by atoms with Crippen molar-refractivity contribution in [3.63, 3.8) is 0 Å². The van der Waals surface area contributed by atoms with Gasteiger partial charge >= 0.3 is 0 Å². The first-order valence-electron chi connectivity index (χ1n) is 8.78. The zero-order chi connectivity index (χ0) is 18.4. The van der Waals surface area contributed by atoms with E-state index < -0.39 is 0 Å². The summed E-state index contributed by atoms with van der Waals surface area (Å²) in [5.74, 6) is 1.98. The molecule has 0 unspecified atom stereocenters. The predicted octanol–water partition coefficient (Wildman–Crippen LogP) is 1.89. The van der Waals surface area contributed by atoms with Crippen LogP contribution in [0.15, 0.2) is 42.7 Å². The van der Waals surface area contributed by atoms with E-state index in [4.69, 9.17) is 9.47 Å². The largest absolute Gasteiger partial charge is 0.497 e. The molecule has 0 saturated carbocycles. The molecule has 0 radical (unpaired) electrons. The minimum atomic E-state index is 0.0249. The van der Waals surface area contributed by atoms with E-state index >= 15 is 0 Å². The Morgan fingerprint density at radius 1 is 1.42 bits per heavy atom. The summed E-state index contributed by atoms with van der Waals surface area (Å²) in [5.41, 5.74) is 2.25. The number of ether oxygens (including phenoxy) is 2. The van der Waals surface area contributed by atoms with E-state index in [1.807, 2.05) is 48.5 Å². The summed E-state index contributed by atoms with van der Waals surface area (Å²) >= 11 is 0. The van der Waals surface area contributed by atoms with Gasteiger partial charge in [0.05, 0.1) is 20.3 Å². The highest BCUT2D eigenvalue weighted by molar-refractivity contribution is 5.78. The van der Waals surface area contributed by atoms with Crippen LogP contribution in [0.25, 0.3) is 0 Å². The molecule has 1 aromatic carbocycles. The molecule has 0 aliphatic carbocycles. The molecule has 0 spiro atoms. The maximum Gasteiger partial charge on any atom is 0.234 e. The summed E-state index contributed by atoms with van der Waals surface area (Å²) in [4.78, 5) is 18.3. The van der Waals surface area contributed by atoms with Gasteiger partial charge in [-0.3, -0.25) is 14.7 Å². The van der Waals surface area contributed by atoms with Crippen molar-refractivity contribution < 1.29 is 14.3 Å². The van der Waals surface area contributed by atoms with Gasteiger partial charge in [-0.15, -0.1) is 0 Å². The van der Waals surface area contributed by atoms with Crippen LogP contribution in [-0.2, 0) is 17.8 Å². The minimum Gasteiger partial charge on any atom is -0.497 e. The molecule has 1 aliphatic rings. The average Bonchev–Trinajstić information content (AvgIpc) is 2.66. The van der Waals surface area contributed by atoms with Crippen LogP contribution in [0.5, 0.6) is 11.5 Å². The molecule has 3 rings (SSSR count). The number of nitrogens with zero attached hydrogens (tertiary/aromatic N) is 2. The molecule has 0 saturated heterocycles. The zero-order valence-corrected chi connectivity index (χ0v) is 15.3. The van der Waals surface area contributed by atoms with Gasteiger partial charge in [-0.1, -0.05) is 12.1 Å². The molecule has 138 valence electrons. The van der Waals surface area contributed by atoms with Crippen molar-refractivity contribution in [1.82, 2.24) is 15.2 Å². The maximum absolute atomic E-state index is 12.2. The molecular formula is C20H25N3O3. The number of rotatable bonds is 7.